The van der Waals surface area contributed by atoms with E-state index in [1.165, 1.54) is 17.5 Å². The van der Waals surface area contributed by atoms with Crippen LogP contribution in [0.2, 0.25) is 0 Å². The molecule has 0 saturated carbocycles. The maximum absolute atomic E-state index is 5.94. The highest BCUT2D eigenvalue weighted by Crippen LogP contribution is 2.22. The Morgan fingerprint density at radius 2 is 1.95 bits per heavy atom. The number of halogens is 1. The fraction of sp³-hybridized carbons (Fsp3) is 0.214. The second-order valence-corrected chi connectivity index (χ2v) is 4.81. The van der Waals surface area contributed by atoms with Crippen molar-refractivity contribution in [2.45, 2.75) is 19.7 Å². The summed E-state index contributed by atoms with van der Waals surface area (Å²) in [6, 6.07) is 4.21. The summed E-state index contributed by atoms with van der Waals surface area (Å²) in [7, 11) is 0. The van der Waals surface area contributed by atoms with Gasteiger partial charge in [0.15, 0.2) is 0 Å². The first-order valence-corrected chi connectivity index (χ1v) is 6.53. The van der Waals surface area contributed by atoms with Crippen LogP contribution in [-0.4, -0.2) is 19.5 Å². The maximum atomic E-state index is 5.94. The summed E-state index contributed by atoms with van der Waals surface area (Å²) >= 11 is 5.94. The Morgan fingerprint density at radius 3 is 2.74 bits per heavy atom. The number of hydrogen-bond donors (Lipinski definition) is 0. The van der Waals surface area contributed by atoms with Gasteiger partial charge in [-0.25, -0.2) is 15.0 Å². The Kier molecular flexibility index (Phi) is 2.95. The first-order valence-electron chi connectivity index (χ1n) is 6.00. The normalized spacial score (nSPS) is 11.1. The molecule has 0 N–H and O–H groups in total. The Morgan fingerprint density at radius 1 is 1.16 bits per heavy atom. The molecule has 0 atom stereocenters. The van der Waals surface area contributed by atoms with Crippen LogP contribution >= 0.6 is 11.6 Å². The van der Waals surface area contributed by atoms with Crippen LogP contribution in [0.1, 0.15) is 16.7 Å². The quantitative estimate of drug-likeness (QED) is 0.673. The van der Waals surface area contributed by atoms with Gasteiger partial charge in [-0.2, -0.15) is 0 Å². The number of imidazole rings is 1. The van der Waals surface area contributed by atoms with Gasteiger partial charge in [0.25, 0.3) is 0 Å². The van der Waals surface area contributed by atoms with E-state index in [0.29, 0.717) is 5.88 Å². The molecule has 0 saturated heterocycles. The lowest BCUT2D eigenvalue weighted by Crippen LogP contribution is -2.01. The fourth-order valence-electron chi connectivity index (χ4n) is 2.10. The van der Waals surface area contributed by atoms with E-state index >= 15 is 0 Å². The van der Waals surface area contributed by atoms with Crippen molar-refractivity contribution in [1.82, 2.24) is 19.5 Å². The molecule has 5 heteroatoms. The van der Waals surface area contributed by atoms with Gasteiger partial charge < -0.3 is 0 Å². The van der Waals surface area contributed by atoms with Gasteiger partial charge in [0, 0.05) is 11.8 Å². The summed E-state index contributed by atoms with van der Waals surface area (Å²) in [5.41, 5.74) is 5.35. The number of rotatable bonds is 2. The molecule has 4 nitrogen and oxygen atoms in total. The number of aryl methyl sites for hydroxylation is 2. The minimum absolute atomic E-state index is 0.376. The summed E-state index contributed by atoms with van der Waals surface area (Å²) in [6.07, 6.45) is 5.04. The van der Waals surface area contributed by atoms with Crippen molar-refractivity contribution in [2.75, 3.05) is 0 Å². The van der Waals surface area contributed by atoms with Gasteiger partial charge in [-0.1, -0.05) is 0 Å². The zero-order valence-electron chi connectivity index (χ0n) is 10.8. The minimum atomic E-state index is 0.376. The van der Waals surface area contributed by atoms with E-state index in [4.69, 9.17) is 11.6 Å². The molecule has 3 aromatic rings. The fourth-order valence-corrected chi connectivity index (χ4v) is 2.28. The Balaban J connectivity index is 2.28. The highest BCUT2D eigenvalue weighted by molar-refractivity contribution is 6.17. The molecule has 0 amide bonds. The van der Waals surface area contributed by atoms with Crippen molar-refractivity contribution in [2.24, 2.45) is 0 Å². The molecule has 19 heavy (non-hydrogen) atoms. The largest absolute Gasteiger partial charge is 0.283 e. The smallest absolute Gasteiger partial charge is 0.146 e. The molecular weight excluding hydrogens is 260 g/mol. The molecule has 0 aliphatic rings. The lowest BCUT2D eigenvalue weighted by molar-refractivity contribution is 0.966. The molecule has 0 aliphatic carbocycles. The third kappa shape index (κ3) is 1.98. The van der Waals surface area contributed by atoms with Crippen LogP contribution in [0.4, 0.5) is 0 Å². The van der Waals surface area contributed by atoms with Gasteiger partial charge in [0.2, 0.25) is 0 Å². The van der Waals surface area contributed by atoms with Crippen molar-refractivity contribution in [3.63, 3.8) is 0 Å². The highest BCUT2D eigenvalue weighted by atomic mass is 35.5. The van der Waals surface area contributed by atoms with Crippen LogP contribution in [0.25, 0.3) is 16.9 Å². The maximum Gasteiger partial charge on any atom is 0.146 e. The number of fused-ring (bicyclic) bond motifs is 1. The number of alkyl halides is 1. The van der Waals surface area contributed by atoms with Crippen molar-refractivity contribution < 1.29 is 0 Å². The average Bonchev–Trinajstić information content (AvgIpc) is 2.82. The summed E-state index contributed by atoms with van der Waals surface area (Å²) in [6.45, 7) is 4.18. The van der Waals surface area contributed by atoms with Gasteiger partial charge in [-0.15, -0.1) is 11.6 Å². The summed E-state index contributed by atoms with van der Waals surface area (Å²) < 4.78 is 1.96. The van der Waals surface area contributed by atoms with Gasteiger partial charge in [0.05, 0.1) is 16.9 Å². The van der Waals surface area contributed by atoms with Crippen LogP contribution in [-0.2, 0) is 5.88 Å². The van der Waals surface area contributed by atoms with Crippen molar-refractivity contribution in [3.8, 4) is 5.82 Å². The zero-order chi connectivity index (χ0) is 13.4. The predicted molar refractivity (Wildman–Crippen MR) is 75.7 cm³/mol. The second kappa shape index (κ2) is 4.63. The van der Waals surface area contributed by atoms with E-state index in [0.717, 1.165) is 22.4 Å². The van der Waals surface area contributed by atoms with Gasteiger partial charge in [-0.05, 0) is 37.1 Å². The molecule has 0 fully saturated rings. The number of benzene rings is 1. The van der Waals surface area contributed by atoms with E-state index in [9.17, 15) is 0 Å². The van der Waals surface area contributed by atoms with E-state index in [2.05, 4.69) is 40.9 Å². The first-order chi connectivity index (χ1) is 9.20. The predicted octanol–water partition coefficient (Wildman–Crippen LogP) is 3.17. The summed E-state index contributed by atoms with van der Waals surface area (Å²) in [4.78, 5) is 12.8. The molecule has 3 rings (SSSR count). The SMILES string of the molecule is Cc1cc2ncn(-c3ncncc3CCl)c2cc1C. The van der Waals surface area contributed by atoms with Crippen molar-refractivity contribution in [1.29, 1.82) is 0 Å². The van der Waals surface area contributed by atoms with Crippen LogP contribution in [0.5, 0.6) is 0 Å². The number of aromatic nitrogens is 4. The monoisotopic (exact) mass is 272 g/mol. The Hall–Kier alpha value is -1.94. The zero-order valence-corrected chi connectivity index (χ0v) is 11.5. The van der Waals surface area contributed by atoms with Crippen LogP contribution < -0.4 is 0 Å². The molecule has 96 valence electrons. The Bertz CT molecular complexity index is 748. The molecular formula is C14H13ClN4. The lowest BCUT2D eigenvalue weighted by atomic mass is 10.1. The third-order valence-corrected chi connectivity index (χ3v) is 3.59. The third-order valence-electron chi connectivity index (χ3n) is 3.30. The van der Waals surface area contributed by atoms with Gasteiger partial charge >= 0.3 is 0 Å². The molecule has 2 heterocycles. The molecule has 0 radical (unpaired) electrons. The van der Waals surface area contributed by atoms with E-state index in [1.807, 2.05) is 4.57 Å². The van der Waals surface area contributed by atoms with Gasteiger partial charge in [0.1, 0.15) is 18.5 Å². The van der Waals surface area contributed by atoms with Crippen molar-refractivity contribution >= 4 is 22.6 Å². The number of nitrogens with zero attached hydrogens (tertiary/aromatic N) is 4. The standard InChI is InChI=1S/C14H13ClN4/c1-9-3-12-13(4-10(9)2)19(8-18-12)14-11(5-15)6-16-7-17-14/h3-4,6-8H,5H2,1-2H3. The molecule has 0 aliphatic heterocycles. The molecule has 0 unspecified atom stereocenters. The van der Waals surface area contributed by atoms with Crippen molar-refractivity contribution in [3.05, 3.63) is 47.7 Å². The molecule has 1 aromatic carbocycles. The second-order valence-electron chi connectivity index (χ2n) is 4.54. The highest BCUT2D eigenvalue weighted by Gasteiger charge is 2.10. The summed E-state index contributed by atoms with van der Waals surface area (Å²) in [5, 5.41) is 0. The van der Waals surface area contributed by atoms with E-state index in [-0.39, 0.29) is 0 Å². The average molecular weight is 273 g/mol. The molecule has 0 spiro atoms. The van der Waals surface area contributed by atoms with Crippen LogP contribution in [0, 0.1) is 13.8 Å². The van der Waals surface area contributed by atoms with Gasteiger partial charge in [-0.3, -0.25) is 4.57 Å². The topological polar surface area (TPSA) is 43.6 Å². The van der Waals surface area contributed by atoms with Crippen LogP contribution in [0.15, 0.2) is 31.0 Å². The lowest BCUT2D eigenvalue weighted by Gasteiger charge is -2.08. The molecule has 0 bridgehead atoms. The molecule has 2 aromatic heterocycles. The first kappa shape index (κ1) is 12.1. The number of hydrogen-bond acceptors (Lipinski definition) is 3. The summed E-state index contributed by atoms with van der Waals surface area (Å²) in [5.74, 6) is 1.16. The van der Waals surface area contributed by atoms with Crippen LogP contribution in [0.3, 0.4) is 0 Å². The van der Waals surface area contributed by atoms with E-state index < -0.39 is 0 Å². The minimum Gasteiger partial charge on any atom is -0.283 e. The van der Waals surface area contributed by atoms with E-state index in [1.54, 1.807) is 12.5 Å². The Labute approximate surface area is 116 Å².